The lowest BCUT2D eigenvalue weighted by molar-refractivity contribution is -0.171. The van der Waals surface area contributed by atoms with Crippen LogP contribution < -0.4 is 0 Å². The molecule has 0 amide bonds. The van der Waals surface area contributed by atoms with E-state index in [2.05, 4.69) is 6.92 Å². The van der Waals surface area contributed by atoms with Gasteiger partial charge in [0.2, 0.25) is 0 Å². The molecular weight excluding hydrogens is 140 g/mol. The zero-order valence-corrected chi connectivity index (χ0v) is 7.72. The molecule has 66 valence electrons. The highest BCUT2D eigenvalue weighted by Gasteiger charge is 2.46. The molecule has 2 heteroatoms. The Hall–Kier alpha value is -0.0800. The molecule has 1 rings (SSSR count). The molecule has 0 aromatic carbocycles. The first kappa shape index (κ1) is 9.01. The maximum Gasteiger partial charge on any atom is 0.162 e. The average molecular weight is 158 g/mol. The van der Waals surface area contributed by atoms with Crippen molar-refractivity contribution in [3.05, 3.63) is 0 Å². The monoisotopic (exact) mass is 158 g/mol. The van der Waals surface area contributed by atoms with Crippen LogP contribution in [-0.2, 0) is 9.47 Å². The summed E-state index contributed by atoms with van der Waals surface area (Å²) in [7, 11) is 0. The lowest BCUT2D eigenvalue weighted by atomic mass is 10.1. The Balaban J connectivity index is 2.32. The van der Waals surface area contributed by atoms with Crippen molar-refractivity contribution in [2.24, 2.45) is 5.41 Å². The van der Waals surface area contributed by atoms with Crippen molar-refractivity contribution < 1.29 is 9.47 Å². The van der Waals surface area contributed by atoms with Gasteiger partial charge in [0.05, 0.1) is 0 Å². The van der Waals surface area contributed by atoms with Crippen molar-refractivity contribution in [1.29, 1.82) is 0 Å². The van der Waals surface area contributed by atoms with Gasteiger partial charge >= 0.3 is 0 Å². The predicted molar refractivity (Wildman–Crippen MR) is 44.4 cm³/mol. The van der Waals surface area contributed by atoms with Gasteiger partial charge < -0.3 is 9.47 Å². The van der Waals surface area contributed by atoms with Crippen molar-refractivity contribution in [2.45, 2.75) is 39.9 Å². The molecule has 0 N–H and O–H groups in total. The fourth-order valence-electron chi connectivity index (χ4n) is 1.19. The van der Waals surface area contributed by atoms with Gasteiger partial charge in [0.15, 0.2) is 6.29 Å². The summed E-state index contributed by atoms with van der Waals surface area (Å²) in [5.74, 6) is 0. The lowest BCUT2D eigenvalue weighted by Gasteiger charge is -2.22. The van der Waals surface area contributed by atoms with Gasteiger partial charge in [-0.15, -0.1) is 0 Å². The summed E-state index contributed by atoms with van der Waals surface area (Å²) in [6.07, 6.45) is 2.53. The molecule has 0 bridgehead atoms. The highest BCUT2D eigenvalue weighted by atomic mass is 16.7. The second kappa shape index (κ2) is 3.55. The van der Waals surface area contributed by atoms with E-state index in [1.165, 1.54) is 12.8 Å². The first-order valence-corrected chi connectivity index (χ1v) is 4.46. The van der Waals surface area contributed by atoms with E-state index in [4.69, 9.17) is 9.47 Å². The van der Waals surface area contributed by atoms with Crippen LogP contribution in [0.4, 0.5) is 0 Å². The van der Waals surface area contributed by atoms with Crippen LogP contribution in [0.2, 0.25) is 0 Å². The van der Waals surface area contributed by atoms with Gasteiger partial charge in [0, 0.05) is 18.6 Å². The topological polar surface area (TPSA) is 18.5 Å². The smallest absolute Gasteiger partial charge is 0.162 e. The van der Waals surface area contributed by atoms with Gasteiger partial charge in [-0.2, -0.15) is 0 Å². The van der Waals surface area contributed by atoms with Crippen molar-refractivity contribution >= 4 is 0 Å². The Labute approximate surface area is 68.9 Å². The molecule has 1 fully saturated rings. The predicted octanol–water partition coefficient (Wildman–Crippen LogP) is 2.19. The van der Waals surface area contributed by atoms with Crippen LogP contribution in [0.1, 0.15) is 33.6 Å². The quantitative estimate of drug-likeness (QED) is 0.571. The fraction of sp³-hybridized carbons (Fsp3) is 1.00. The summed E-state index contributed by atoms with van der Waals surface area (Å²) >= 11 is 0. The zero-order valence-electron chi connectivity index (χ0n) is 7.72. The van der Waals surface area contributed by atoms with Crippen LogP contribution in [0.3, 0.4) is 0 Å². The van der Waals surface area contributed by atoms with Crippen LogP contribution in [0, 0.1) is 5.41 Å². The first-order valence-electron chi connectivity index (χ1n) is 4.46. The SMILES string of the molecule is CCOC(OCC)C1(C)CC1. The third kappa shape index (κ3) is 2.17. The van der Waals surface area contributed by atoms with E-state index in [0.717, 1.165) is 13.2 Å². The minimum absolute atomic E-state index is 0.0394. The Morgan fingerprint density at radius 2 is 1.64 bits per heavy atom. The summed E-state index contributed by atoms with van der Waals surface area (Å²) in [5, 5.41) is 0. The molecule has 1 aliphatic carbocycles. The molecule has 0 spiro atoms. The van der Waals surface area contributed by atoms with Gasteiger partial charge in [-0.3, -0.25) is 0 Å². The molecule has 0 aromatic rings. The van der Waals surface area contributed by atoms with Crippen LogP contribution in [0.5, 0.6) is 0 Å². The van der Waals surface area contributed by atoms with Crippen LogP contribution >= 0.6 is 0 Å². The largest absolute Gasteiger partial charge is 0.352 e. The Morgan fingerprint density at radius 1 is 1.18 bits per heavy atom. The summed E-state index contributed by atoms with van der Waals surface area (Å²) in [5.41, 5.74) is 0.325. The first-order chi connectivity index (χ1) is 5.23. The number of hydrogen-bond donors (Lipinski definition) is 0. The van der Waals surface area contributed by atoms with Gasteiger partial charge in [0.1, 0.15) is 0 Å². The highest BCUT2D eigenvalue weighted by Crippen LogP contribution is 2.49. The van der Waals surface area contributed by atoms with E-state index >= 15 is 0 Å². The zero-order chi connectivity index (χ0) is 8.32. The Morgan fingerprint density at radius 3 is 1.91 bits per heavy atom. The molecule has 1 saturated carbocycles. The van der Waals surface area contributed by atoms with E-state index in [0.29, 0.717) is 5.41 Å². The minimum atomic E-state index is 0.0394. The van der Waals surface area contributed by atoms with Crippen LogP contribution in [-0.4, -0.2) is 19.5 Å². The Bertz CT molecular complexity index is 113. The van der Waals surface area contributed by atoms with Crippen molar-refractivity contribution in [3.63, 3.8) is 0 Å². The molecule has 11 heavy (non-hydrogen) atoms. The van der Waals surface area contributed by atoms with Gasteiger partial charge in [-0.25, -0.2) is 0 Å². The Kier molecular flexibility index (Phi) is 2.90. The van der Waals surface area contributed by atoms with E-state index in [-0.39, 0.29) is 6.29 Å². The van der Waals surface area contributed by atoms with Gasteiger partial charge in [-0.1, -0.05) is 6.92 Å². The number of rotatable bonds is 5. The number of ether oxygens (including phenoxy) is 2. The minimum Gasteiger partial charge on any atom is -0.352 e. The van der Waals surface area contributed by atoms with E-state index in [9.17, 15) is 0 Å². The summed E-state index contributed by atoms with van der Waals surface area (Å²) in [6, 6.07) is 0. The number of hydrogen-bond acceptors (Lipinski definition) is 2. The normalized spacial score (nSPS) is 20.7. The standard InChI is InChI=1S/C9H18O2/c1-4-10-8(11-5-2)9(3)6-7-9/h8H,4-7H2,1-3H3. The molecule has 0 aliphatic heterocycles. The summed E-state index contributed by atoms with van der Waals surface area (Å²) in [4.78, 5) is 0. The van der Waals surface area contributed by atoms with E-state index < -0.39 is 0 Å². The average Bonchev–Trinajstić information content (AvgIpc) is 2.69. The van der Waals surface area contributed by atoms with E-state index in [1.807, 2.05) is 13.8 Å². The second-order valence-electron chi connectivity index (χ2n) is 3.40. The third-order valence-corrected chi connectivity index (χ3v) is 2.24. The fourth-order valence-corrected chi connectivity index (χ4v) is 1.19. The van der Waals surface area contributed by atoms with Crippen molar-refractivity contribution in [3.8, 4) is 0 Å². The maximum absolute atomic E-state index is 5.49. The molecule has 0 heterocycles. The molecule has 1 aliphatic rings. The highest BCUT2D eigenvalue weighted by molar-refractivity contribution is 4.91. The summed E-state index contributed by atoms with van der Waals surface area (Å²) < 4.78 is 11.0. The van der Waals surface area contributed by atoms with Gasteiger partial charge in [-0.05, 0) is 26.7 Å². The third-order valence-electron chi connectivity index (χ3n) is 2.24. The maximum atomic E-state index is 5.49. The van der Waals surface area contributed by atoms with Crippen LogP contribution in [0.25, 0.3) is 0 Å². The van der Waals surface area contributed by atoms with Crippen LogP contribution in [0.15, 0.2) is 0 Å². The lowest BCUT2D eigenvalue weighted by Crippen LogP contribution is -2.26. The molecule has 0 unspecified atom stereocenters. The van der Waals surface area contributed by atoms with Gasteiger partial charge in [0.25, 0.3) is 0 Å². The summed E-state index contributed by atoms with van der Waals surface area (Å²) in [6.45, 7) is 7.75. The molecule has 0 saturated heterocycles. The van der Waals surface area contributed by atoms with E-state index in [1.54, 1.807) is 0 Å². The molecule has 0 radical (unpaired) electrons. The molecule has 0 atom stereocenters. The van der Waals surface area contributed by atoms with Crippen molar-refractivity contribution in [1.82, 2.24) is 0 Å². The van der Waals surface area contributed by atoms with Crippen molar-refractivity contribution in [2.75, 3.05) is 13.2 Å². The second-order valence-corrected chi connectivity index (χ2v) is 3.40. The molecule has 0 aromatic heterocycles. The molecular formula is C9H18O2. The molecule has 2 nitrogen and oxygen atoms in total.